The lowest BCUT2D eigenvalue weighted by atomic mass is 9.90. The van der Waals surface area contributed by atoms with Crippen LogP contribution in [0.25, 0.3) is 0 Å². The van der Waals surface area contributed by atoms with Crippen molar-refractivity contribution in [1.29, 1.82) is 0 Å². The highest BCUT2D eigenvalue weighted by Gasteiger charge is 2.47. The number of benzene rings is 1. The lowest BCUT2D eigenvalue weighted by molar-refractivity contribution is -0.385. The number of alkyl halides is 2. The molecule has 0 aromatic heterocycles. The fourth-order valence-corrected chi connectivity index (χ4v) is 2.72. The molecular formula is C21H29F3N4O7. The summed E-state index contributed by atoms with van der Waals surface area (Å²) >= 11 is 0. The van der Waals surface area contributed by atoms with E-state index in [1.54, 1.807) is 41.5 Å². The SMILES string of the molecule is CC(C)(C)OC(=O)NC1=NC(c2cc([N+](=O)[O-])ccc2F)(C(F)F)COC1.CC(C)(C)OC(N)=O. The molecule has 1 aliphatic rings. The first kappa shape index (κ1) is 29.6. The first-order chi connectivity index (χ1) is 15.9. The van der Waals surface area contributed by atoms with E-state index in [2.05, 4.69) is 15.0 Å². The molecule has 1 aromatic carbocycles. The Hall–Kier alpha value is -3.42. The van der Waals surface area contributed by atoms with E-state index in [0.717, 1.165) is 6.07 Å². The first-order valence-corrected chi connectivity index (χ1v) is 10.2. The molecule has 14 heteroatoms. The standard InChI is InChI=1S/C16H18F3N3O5.C5H11NO2/c1-15(2,3)27-14(23)20-12-7-26-8-16(21-12,13(18)19)10-6-9(22(24)25)4-5-11(10)17;1-5(2,3)8-4(6)7/h4-6,13H,7-8H2,1-3H3,(H,20,21,23);1-3H3,(H2,6,7). The zero-order chi connectivity index (χ0) is 27.2. The van der Waals surface area contributed by atoms with Crippen LogP contribution in [0, 0.1) is 15.9 Å². The molecule has 2 rings (SSSR count). The molecule has 1 aromatic rings. The smallest absolute Gasteiger partial charge is 0.413 e. The largest absolute Gasteiger partial charge is 0.444 e. The number of carbonyl (C=O) groups excluding carboxylic acids is 2. The fraction of sp³-hybridized carbons (Fsp3) is 0.571. The molecule has 196 valence electrons. The van der Waals surface area contributed by atoms with Gasteiger partial charge in [-0.25, -0.2) is 27.8 Å². The van der Waals surface area contributed by atoms with Gasteiger partial charge in [0, 0.05) is 17.7 Å². The van der Waals surface area contributed by atoms with Gasteiger partial charge in [0.2, 0.25) is 0 Å². The number of hydrogen-bond donors (Lipinski definition) is 2. The Balaban J connectivity index is 0.000000658. The van der Waals surface area contributed by atoms with E-state index >= 15 is 0 Å². The molecule has 0 spiro atoms. The van der Waals surface area contributed by atoms with Gasteiger partial charge in [-0.05, 0) is 47.6 Å². The van der Waals surface area contributed by atoms with E-state index in [9.17, 15) is 32.9 Å². The average molecular weight is 506 g/mol. The molecule has 1 aliphatic heterocycles. The highest BCUT2D eigenvalue weighted by atomic mass is 19.3. The van der Waals surface area contributed by atoms with E-state index in [-0.39, 0.29) is 12.4 Å². The number of primary amides is 1. The van der Waals surface area contributed by atoms with Crippen LogP contribution in [0.15, 0.2) is 23.2 Å². The normalized spacial score (nSPS) is 18.1. The molecule has 0 saturated heterocycles. The minimum atomic E-state index is -3.26. The summed E-state index contributed by atoms with van der Waals surface area (Å²) in [7, 11) is 0. The van der Waals surface area contributed by atoms with E-state index in [0.29, 0.717) is 12.1 Å². The maximum Gasteiger partial charge on any atom is 0.413 e. The Bertz CT molecular complexity index is 975. The molecule has 2 amide bonds. The predicted octanol–water partition coefficient (Wildman–Crippen LogP) is 4.03. The molecule has 0 fully saturated rings. The van der Waals surface area contributed by atoms with Crippen molar-refractivity contribution in [2.75, 3.05) is 13.2 Å². The number of nitro groups is 1. The van der Waals surface area contributed by atoms with Gasteiger partial charge in [-0.1, -0.05) is 0 Å². The number of non-ortho nitro benzene ring substituents is 1. The topological polar surface area (TPSA) is 155 Å². The van der Waals surface area contributed by atoms with Gasteiger partial charge in [0.1, 0.15) is 29.5 Å². The number of nitro benzene ring substituents is 1. The number of nitrogens with one attached hydrogen (secondary N) is 1. The molecule has 0 radical (unpaired) electrons. The van der Waals surface area contributed by atoms with Crippen molar-refractivity contribution >= 4 is 23.7 Å². The Morgan fingerprint density at radius 3 is 2.20 bits per heavy atom. The van der Waals surface area contributed by atoms with Gasteiger partial charge in [-0.2, -0.15) is 0 Å². The van der Waals surface area contributed by atoms with Crippen LogP contribution >= 0.6 is 0 Å². The number of hydrogen-bond acceptors (Lipinski definition) is 8. The lowest BCUT2D eigenvalue weighted by Crippen LogP contribution is -2.48. The molecule has 35 heavy (non-hydrogen) atoms. The van der Waals surface area contributed by atoms with Crippen LogP contribution in [-0.2, 0) is 19.7 Å². The van der Waals surface area contributed by atoms with Gasteiger partial charge in [0.15, 0.2) is 5.54 Å². The lowest BCUT2D eigenvalue weighted by Gasteiger charge is -2.34. The predicted molar refractivity (Wildman–Crippen MR) is 119 cm³/mol. The van der Waals surface area contributed by atoms with Crippen LogP contribution in [0.2, 0.25) is 0 Å². The number of ether oxygens (including phenoxy) is 3. The monoisotopic (exact) mass is 506 g/mol. The van der Waals surface area contributed by atoms with Crippen LogP contribution in [0.1, 0.15) is 47.1 Å². The molecule has 1 heterocycles. The Morgan fingerprint density at radius 2 is 1.77 bits per heavy atom. The van der Waals surface area contributed by atoms with Crippen LogP contribution in [0.4, 0.5) is 28.4 Å². The minimum Gasteiger partial charge on any atom is -0.444 e. The third kappa shape index (κ3) is 9.39. The summed E-state index contributed by atoms with van der Waals surface area (Å²) in [5.41, 5.74) is -0.394. The van der Waals surface area contributed by atoms with Crippen LogP contribution in [-0.4, -0.2) is 53.8 Å². The number of amidine groups is 1. The zero-order valence-electron chi connectivity index (χ0n) is 20.2. The molecule has 1 unspecified atom stereocenters. The number of nitrogens with two attached hydrogens (primary N) is 1. The van der Waals surface area contributed by atoms with E-state index in [4.69, 9.17) is 15.2 Å². The molecule has 1 atom stereocenters. The number of carbonyl (C=O) groups is 2. The van der Waals surface area contributed by atoms with E-state index < -0.39 is 64.0 Å². The maximum atomic E-state index is 14.2. The van der Waals surface area contributed by atoms with Gasteiger partial charge >= 0.3 is 12.2 Å². The number of alkyl carbamates (subject to hydrolysis) is 1. The van der Waals surface area contributed by atoms with Gasteiger partial charge in [-0.15, -0.1) is 0 Å². The van der Waals surface area contributed by atoms with E-state index in [1.165, 1.54) is 0 Å². The van der Waals surface area contributed by atoms with Crippen molar-refractivity contribution in [2.24, 2.45) is 10.7 Å². The second-order valence-electron chi connectivity index (χ2n) is 9.36. The zero-order valence-corrected chi connectivity index (χ0v) is 20.2. The summed E-state index contributed by atoms with van der Waals surface area (Å²) in [6, 6.07) is 2.25. The first-order valence-electron chi connectivity index (χ1n) is 10.2. The van der Waals surface area contributed by atoms with Crippen molar-refractivity contribution in [1.82, 2.24) is 5.32 Å². The molecule has 0 saturated carbocycles. The highest BCUT2D eigenvalue weighted by Crippen LogP contribution is 2.38. The Kier molecular flexibility index (Phi) is 9.59. The van der Waals surface area contributed by atoms with Gasteiger partial charge in [0.05, 0.1) is 11.5 Å². The second kappa shape index (κ2) is 11.3. The van der Waals surface area contributed by atoms with Crippen molar-refractivity contribution < 1.29 is 41.9 Å². The highest BCUT2D eigenvalue weighted by molar-refractivity contribution is 5.96. The molecule has 0 aliphatic carbocycles. The molecule has 3 N–H and O–H groups in total. The van der Waals surface area contributed by atoms with Gasteiger partial charge in [-0.3, -0.25) is 15.4 Å². The number of amides is 2. The summed E-state index contributed by atoms with van der Waals surface area (Å²) in [6.07, 6.45) is -4.93. The van der Waals surface area contributed by atoms with Gasteiger partial charge in [0.25, 0.3) is 12.1 Å². The third-order valence-corrected chi connectivity index (χ3v) is 3.94. The van der Waals surface area contributed by atoms with Crippen LogP contribution in [0.5, 0.6) is 0 Å². The number of rotatable bonds is 3. The molecular weight excluding hydrogens is 477 g/mol. The third-order valence-electron chi connectivity index (χ3n) is 3.94. The van der Waals surface area contributed by atoms with E-state index in [1.807, 2.05) is 0 Å². The van der Waals surface area contributed by atoms with Crippen molar-refractivity contribution in [3.63, 3.8) is 0 Å². The molecule has 11 nitrogen and oxygen atoms in total. The average Bonchev–Trinajstić information content (AvgIpc) is 2.65. The summed E-state index contributed by atoms with van der Waals surface area (Å²) in [6.45, 7) is 9.06. The minimum absolute atomic E-state index is 0.304. The quantitative estimate of drug-likeness (QED) is 0.463. The van der Waals surface area contributed by atoms with Crippen molar-refractivity contribution in [3.8, 4) is 0 Å². The summed E-state index contributed by atoms with van der Waals surface area (Å²) in [5, 5.41) is 13.1. The fourth-order valence-electron chi connectivity index (χ4n) is 2.72. The summed E-state index contributed by atoms with van der Waals surface area (Å²) < 4.78 is 56.7. The maximum absolute atomic E-state index is 14.2. The van der Waals surface area contributed by atoms with Crippen LogP contribution in [0.3, 0.4) is 0 Å². The Morgan fingerprint density at radius 1 is 1.20 bits per heavy atom. The number of nitrogens with zero attached hydrogens (tertiary/aromatic N) is 2. The van der Waals surface area contributed by atoms with Gasteiger partial charge < -0.3 is 19.9 Å². The summed E-state index contributed by atoms with van der Waals surface area (Å²) in [4.78, 5) is 35.7. The molecule has 0 bridgehead atoms. The second-order valence-corrected chi connectivity index (χ2v) is 9.36. The van der Waals surface area contributed by atoms with Crippen LogP contribution < -0.4 is 11.1 Å². The Labute approximate surface area is 200 Å². The number of halogens is 3. The summed E-state index contributed by atoms with van der Waals surface area (Å²) in [5.74, 6) is -1.41. The van der Waals surface area contributed by atoms with Crippen molar-refractivity contribution in [3.05, 3.63) is 39.7 Å². The van der Waals surface area contributed by atoms with Crippen molar-refractivity contribution in [2.45, 2.75) is 64.7 Å². The number of aliphatic imine (C=N–C) groups is 1.